The summed E-state index contributed by atoms with van der Waals surface area (Å²) in [5.41, 5.74) is 4.75. The van der Waals surface area contributed by atoms with E-state index in [0.717, 1.165) is 23.5 Å². The molecular weight excluding hydrogens is 357 g/mol. The number of hydrogen-bond donors (Lipinski definition) is 2. The molecule has 1 amide bonds. The van der Waals surface area contributed by atoms with E-state index in [9.17, 15) is 22.8 Å². The van der Waals surface area contributed by atoms with E-state index in [1.807, 2.05) is 0 Å². The first-order valence-corrected chi connectivity index (χ1v) is 8.02. The number of thiophene rings is 1. The summed E-state index contributed by atoms with van der Waals surface area (Å²) in [6.07, 6.45) is -4.61. The number of ether oxygens (including phenoxy) is 1. The lowest BCUT2D eigenvalue weighted by molar-refractivity contribution is -0.136. The molecule has 0 aliphatic rings. The summed E-state index contributed by atoms with van der Waals surface area (Å²) in [7, 11) is 0. The highest BCUT2D eigenvalue weighted by Gasteiger charge is 2.34. The van der Waals surface area contributed by atoms with Crippen LogP contribution in [0.1, 0.15) is 38.1 Å². The van der Waals surface area contributed by atoms with Crippen molar-refractivity contribution in [2.75, 3.05) is 17.7 Å². The lowest BCUT2D eigenvalue weighted by Gasteiger charge is -2.13. The van der Waals surface area contributed by atoms with E-state index in [2.05, 4.69) is 5.32 Å². The summed E-state index contributed by atoms with van der Waals surface area (Å²) >= 11 is 0.820. The fraction of sp³-hybridized carbons (Fsp3) is 0.250. The van der Waals surface area contributed by atoms with Gasteiger partial charge in [-0.1, -0.05) is 12.1 Å². The van der Waals surface area contributed by atoms with E-state index in [1.165, 1.54) is 19.1 Å². The molecule has 2 aromatic rings. The van der Waals surface area contributed by atoms with E-state index < -0.39 is 23.6 Å². The molecule has 2 rings (SSSR count). The van der Waals surface area contributed by atoms with Crippen LogP contribution in [0.2, 0.25) is 0 Å². The molecule has 0 spiro atoms. The Balaban J connectivity index is 2.35. The molecule has 1 aromatic carbocycles. The first-order valence-electron chi connectivity index (χ1n) is 7.20. The molecule has 3 N–H and O–H groups in total. The van der Waals surface area contributed by atoms with Crippen LogP contribution in [-0.2, 0) is 10.9 Å². The highest BCUT2D eigenvalue weighted by atomic mass is 32.1. The molecule has 0 bridgehead atoms. The molecule has 0 fully saturated rings. The fourth-order valence-electron chi connectivity index (χ4n) is 2.23. The number of hydrogen-bond acceptors (Lipinski definition) is 5. The predicted molar refractivity (Wildman–Crippen MR) is 88.8 cm³/mol. The summed E-state index contributed by atoms with van der Waals surface area (Å²) in [5, 5.41) is 2.30. The lowest BCUT2D eigenvalue weighted by Crippen LogP contribution is -2.16. The van der Waals surface area contributed by atoms with Crippen LogP contribution in [0.25, 0.3) is 0 Å². The van der Waals surface area contributed by atoms with Crippen molar-refractivity contribution >= 4 is 33.9 Å². The fourth-order valence-corrected chi connectivity index (χ4v) is 3.19. The van der Waals surface area contributed by atoms with Crippen LogP contribution in [0.15, 0.2) is 24.3 Å². The Labute approximate surface area is 145 Å². The summed E-state index contributed by atoms with van der Waals surface area (Å²) < 4.78 is 43.9. The quantitative estimate of drug-likeness (QED) is 0.792. The molecule has 0 saturated heterocycles. The Bertz CT molecular complexity index is 815. The number of nitrogens with two attached hydrogens (primary N) is 1. The zero-order valence-corrected chi connectivity index (χ0v) is 14.2. The normalized spacial score (nSPS) is 11.2. The maximum Gasteiger partial charge on any atom is 0.418 e. The first kappa shape index (κ1) is 18.8. The summed E-state index contributed by atoms with van der Waals surface area (Å²) in [6.45, 7) is 3.25. The number of alkyl halides is 3. The molecule has 0 aliphatic carbocycles. The first-order chi connectivity index (χ1) is 11.7. The number of carbonyl (C=O) groups excluding carboxylic acids is 2. The average Bonchev–Trinajstić information content (AvgIpc) is 2.82. The second-order valence-electron chi connectivity index (χ2n) is 5.01. The minimum absolute atomic E-state index is 0.0533. The van der Waals surface area contributed by atoms with Crippen molar-refractivity contribution in [2.45, 2.75) is 20.0 Å². The van der Waals surface area contributed by atoms with E-state index in [4.69, 9.17) is 10.5 Å². The van der Waals surface area contributed by atoms with Gasteiger partial charge in [0, 0.05) is 0 Å². The van der Waals surface area contributed by atoms with Gasteiger partial charge >= 0.3 is 12.1 Å². The Morgan fingerprint density at radius 3 is 2.52 bits per heavy atom. The largest absolute Gasteiger partial charge is 0.462 e. The van der Waals surface area contributed by atoms with Gasteiger partial charge in [0.25, 0.3) is 5.91 Å². The van der Waals surface area contributed by atoms with E-state index >= 15 is 0 Å². The molecule has 0 atom stereocenters. The van der Waals surface area contributed by atoms with Gasteiger partial charge in [-0.25, -0.2) is 4.79 Å². The van der Waals surface area contributed by atoms with E-state index in [0.29, 0.717) is 0 Å². The maximum atomic E-state index is 13.0. The van der Waals surface area contributed by atoms with Gasteiger partial charge in [0.15, 0.2) is 0 Å². The lowest BCUT2D eigenvalue weighted by atomic mass is 10.1. The third kappa shape index (κ3) is 3.93. The Kier molecular flexibility index (Phi) is 5.36. The zero-order valence-electron chi connectivity index (χ0n) is 13.4. The van der Waals surface area contributed by atoms with Gasteiger partial charge in [-0.3, -0.25) is 4.79 Å². The number of carbonyl (C=O) groups is 2. The number of halogens is 3. The molecule has 5 nitrogen and oxygen atoms in total. The van der Waals surface area contributed by atoms with Crippen LogP contribution in [0, 0.1) is 6.92 Å². The molecule has 134 valence electrons. The van der Waals surface area contributed by atoms with Crippen LogP contribution in [-0.4, -0.2) is 18.5 Å². The minimum Gasteiger partial charge on any atom is -0.462 e. The van der Waals surface area contributed by atoms with Crippen LogP contribution in [0.5, 0.6) is 0 Å². The van der Waals surface area contributed by atoms with Crippen molar-refractivity contribution in [3.05, 3.63) is 45.8 Å². The maximum absolute atomic E-state index is 13.0. The van der Waals surface area contributed by atoms with Gasteiger partial charge in [0.05, 0.1) is 28.3 Å². The Morgan fingerprint density at radius 1 is 1.28 bits per heavy atom. The molecule has 25 heavy (non-hydrogen) atoms. The standard InChI is InChI=1S/C16H15F3N2O3S/c1-3-24-15(23)11-8(2)12(25-13(11)20)14(22)21-10-7-5-4-6-9(10)16(17,18)19/h4-7H,3,20H2,1-2H3,(H,21,22). The average molecular weight is 372 g/mol. The molecule has 0 saturated carbocycles. The van der Waals surface area contributed by atoms with Gasteiger partial charge in [0.2, 0.25) is 0 Å². The van der Waals surface area contributed by atoms with E-state index in [-0.39, 0.29) is 33.3 Å². The number of nitrogens with one attached hydrogen (secondary N) is 1. The van der Waals surface area contributed by atoms with Crippen LogP contribution in [0.4, 0.5) is 23.9 Å². The second-order valence-corrected chi connectivity index (χ2v) is 6.07. The smallest absolute Gasteiger partial charge is 0.418 e. The number of rotatable bonds is 4. The molecule has 9 heteroatoms. The summed E-state index contributed by atoms with van der Waals surface area (Å²) in [4.78, 5) is 24.3. The van der Waals surface area contributed by atoms with Crippen molar-refractivity contribution in [3.8, 4) is 0 Å². The molecule has 1 aromatic heterocycles. The minimum atomic E-state index is -4.61. The monoisotopic (exact) mass is 372 g/mol. The molecule has 0 aliphatic heterocycles. The molecule has 0 radical (unpaired) electrons. The third-order valence-corrected chi connectivity index (χ3v) is 4.46. The SMILES string of the molecule is CCOC(=O)c1c(N)sc(C(=O)Nc2ccccc2C(F)(F)F)c1C. The third-order valence-electron chi connectivity index (χ3n) is 3.34. The number of benzene rings is 1. The topological polar surface area (TPSA) is 81.4 Å². The van der Waals surface area contributed by atoms with Crippen molar-refractivity contribution in [1.29, 1.82) is 0 Å². The number of nitrogen functional groups attached to an aromatic ring is 1. The Hall–Kier alpha value is -2.55. The molecule has 1 heterocycles. The van der Waals surface area contributed by atoms with Gasteiger partial charge < -0.3 is 15.8 Å². The summed E-state index contributed by atoms with van der Waals surface area (Å²) in [5.74, 6) is -1.45. The molecule has 0 unspecified atom stereocenters. The van der Waals surface area contributed by atoms with Crippen molar-refractivity contribution in [1.82, 2.24) is 0 Å². The van der Waals surface area contributed by atoms with Crippen LogP contribution in [0.3, 0.4) is 0 Å². The van der Waals surface area contributed by atoms with Crippen molar-refractivity contribution in [3.63, 3.8) is 0 Å². The number of esters is 1. The van der Waals surface area contributed by atoms with Crippen molar-refractivity contribution in [2.24, 2.45) is 0 Å². The number of para-hydroxylation sites is 1. The summed E-state index contributed by atoms with van der Waals surface area (Å²) in [6, 6.07) is 4.63. The second kappa shape index (κ2) is 7.14. The number of anilines is 2. The predicted octanol–water partition coefficient (Wildman–Crippen LogP) is 4.09. The van der Waals surface area contributed by atoms with Gasteiger partial charge in [-0.15, -0.1) is 11.3 Å². The highest BCUT2D eigenvalue weighted by molar-refractivity contribution is 7.18. The molecular formula is C16H15F3N2O3S. The zero-order chi connectivity index (χ0) is 18.8. The van der Waals surface area contributed by atoms with Gasteiger partial charge in [0.1, 0.15) is 5.00 Å². The Morgan fingerprint density at radius 2 is 1.92 bits per heavy atom. The van der Waals surface area contributed by atoms with E-state index in [1.54, 1.807) is 6.92 Å². The highest BCUT2D eigenvalue weighted by Crippen LogP contribution is 2.36. The van der Waals surface area contributed by atoms with Gasteiger partial charge in [-0.2, -0.15) is 13.2 Å². The van der Waals surface area contributed by atoms with Crippen molar-refractivity contribution < 1.29 is 27.5 Å². The van der Waals surface area contributed by atoms with Crippen LogP contribution >= 0.6 is 11.3 Å². The number of amides is 1. The van der Waals surface area contributed by atoms with Gasteiger partial charge in [-0.05, 0) is 31.5 Å². The van der Waals surface area contributed by atoms with Crippen LogP contribution < -0.4 is 11.1 Å².